The van der Waals surface area contributed by atoms with Crippen molar-refractivity contribution in [3.8, 4) is 5.88 Å². The first kappa shape index (κ1) is 27.0. The van der Waals surface area contributed by atoms with E-state index in [2.05, 4.69) is 68.1 Å². The zero-order chi connectivity index (χ0) is 26.4. The van der Waals surface area contributed by atoms with Crippen LogP contribution in [0, 0.1) is 6.92 Å². The third-order valence-electron chi connectivity index (χ3n) is 7.41. The standard InChI is InChI=1S/C26H38FN7O3/c1-3-20-17-33(24-26(37-27)30-22(23(28)31-24)25(36)29-10-15-35)13-14-34(20)21-8-11-32(12-9-21)16-19-6-4-18(2)5-7-19/h4-7,20-21,35H,3,8-17H2,1-2H3,(H2,28,31)(H,29,36). The van der Waals surface area contributed by atoms with Crippen LogP contribution in [-0.4, -0.2) is 88.7 Å². The Morgan fingerprint density at radius 3 is 2.57 bits per heavy atom. The number of nitrogens with two attached hydrogens (primary N) is 1. The Morgan fingerprint density at radius 2 is 1.92 bits per heavy atom. The monoisotopic (exact) mass is 515 g/mol. The molecule has 11 heteroatoms. The summed E-state index contributed by atoms with van der Waals surface area (Å²) >= 11 is 0. The Labute approximate surface area is 217 Å². The molecule has 10 nitrogen and oxygen atoms in total. The summed E-state index contributed by atoms with van der Waals surface area (Å²) in [6.45, 7) is 9.26. The smallest absolute Gasteiger partial charge is 0.306 e. The third-order valence-corrected chi connectivity index (χ3v) is 7.41. The van der Waals surface area contributed by atoms with E-state index in [4.69, 9.17) is 10.8 Å². The molecule has 1 amide bonds. The highest BCUT2D eigenvalue weighted by atomic mass is 19.3. The number of likely N-dealkylation sites (tertiary alicyclic amines) is 1. The van der Waals surface area contributed by atoms with Gasteiger partial charge >= 0.3 is 5.88 Å². The minimum atomic E-state index is -0.645. The molecular formula is C26H38FN7O3. The maximum atomic E-state index is 13.5. The number of carbonyl (C=O) groups excluding carboxylic acids is 1. The van der Waals surface area contributed by atoms with Crippen molar-refractivity contribution < 1.29 is 19.4 Å². The Hall–Kier alpha value is -3.02. The van der Waals surface area contributed by atoms with Crippen LogP contribution in [0.1, 0.15) is 47.8 Å². The van der Waals surface area contributed by atoms with E-state index in [0.717, 1.165) is 45.4 Å². The second kappa shape index (κ2) is 12.5. The lowest BCUT2D eigenvalue weighted by Crippen LogP contribution is -2.58. The molecule has 4 N–H and O–H groups in total. The van der Waals surface area contributed by atoms with Crippen LogP contribution in [0.4, 0.5) is 16.2 Å². The van der Waals surface area contributed by atoms with Crippen LogP contribution in [0.2, 0.25) is 0 Å². The van der Waals surface area contributed by atoms with Crippen molar-refractivity contribution in [3.05, 3.63) is 41.1 Å². The fourth-order valence-corrected chi connectivity index (χ4v) is 5.37. The fourth-order valence-electron chi connectivity index (χ4n) is 5.37. The Balaban J connectivity index is 1.38. The molecule has 4 rings (SSSR count). The molecule has 0 saturated carbocycles. The van der Waals surface area contributed by atoms with E-state index >= 15 is 0 Å². The number of piperidine rings is 1. The van der Waals surface area contributed by atoms with E-state index in [0.29, 0.717) is 19.1 Å². The van der Waals surface area contributed by atoms with E-state index in [1.165, 1.54) is 11.1 Å². The molecule has 1 unspecified atom stereocenters. The zero-order valence-electron chi connectivity index (χ0n) is 21.7. The molecule has 2 aliphatic heterocycles. The average molecular weight is 516 g/mol. The van der Waals surface area contributed by atoms with E-state index < -0.39 is 5.91 Å². The number of hydrogen-bond donors (Lipinski definition) is 3. The normalized spacial score (nSPS) is 19.7. The molecular weight excluding hydrogens is 477 g/mol. The van der Waals surface area contributed by atoms with Gasteiger partial charge in [-0.05, 0) is 44.8 Å². The lowest BCUT2D eigenvalue weighted by atomic mass is 9.97. The molecule has 0 bridgehead atoms. The van der Waals surface area contributed by atoms with Crippen LogP contribution in [0.3, 0.4) is 0 Å². The van der Waals surface area contributed by atoms with Crippen LogP contribution in [0.25, 0.3) is 0 Å². The summed E-state index contributed by atoms with van der Waals surface area (Å²) in [5.41, 5.74) is 8.40. The molecule has 202 valence electrons. The first-order chi connectivity index (χ1) is 17.9. The second-order valence-corrected chi connectivity index (χ2v) is 9.88. The molecule has 2 fully saturated rings. The number of rotatable bonds is 9. The number of aromatic nitrogens is 2. The summed E-state index contributed by atoms with van der Waals surface area (Å²) in [6.07, 6.45) is 3.17. The van der Waals surface area contributed by atoms with Crippen LogP contribution >= 0.6 is 0 Å². The molecule has 1 atom stereocenters. The molecule has 0 radical (unpaired) electrons. The van der Waals surface area contributed by atoms with Crippen molar-refractivity contribution >= 4 is 17.5 Å². The average Bonchev–Trinajstić information content (AvgIpc) is 2.93. The van der Waals surface area contributed by atoms with Crippen molar-refractivity contribution in [2.45, 2.75) is 51.7 Å². The fraction of sp³-hybridized carbons (Fsp3) is 0.577. The third kappa shape index (κ3) is 6.46. The van der Waals surface area contributed by atoms with Gasteiger partial charge in [0, 0.05) is 49.3 Å². The first-order valence-electron chi connectivity index (χ1n) is 13.1. The van der Waals surface area contributed by atoms with E-state index in [1.54, 1.807) is 0 Å². The highest BCUT2D eigenvalue weighted by molar-refractivity contribution is 5.96. The molecule has 1 aromatic heterocycles. The van der Waals surface area contributed by atoms with Crippen molar-refractivity contribution in [2.24, 2.45) is 0 Å². The SMILES string of the molecule is CCC1CN(c2nc(N)c(C(=O)NCCO)nc2OF)CCN1C1CCN(Cc2ccc(C)cc2)CC1. The predicted octanol–water partition coefficient (Wildman–Crippen LogP) is 1.92. The molecule has 1 aromatic carbocycles. The van der Waals surface area contributed by atoms with Crippen LogP contribution in [-0.2, 0) is 6.54 Å². The zero-order valence-corrected chi connectivity index (χ0v) is 21.7. The number of halogens is 1. The van der Waals surface area contributed by atoms with Gasteiger partial charge in [-0.1, -0.05) is 36.8 Å². The second-order valence-electron chi connectivity index (χ2n) is 9.88. The number of nitrogen functional groups attached to an aromatic ring is 1. The van der Waals surface area contributed by atoms with E-state index in [1.807, 2.05) is 4.90 Å². The van der Waals surface area contributed by atoms with E-state index in [9.17, 15) is 9.32 Å². The van der Waals surface area contributed by atoms with Gasteiger partial charge in [0.2, 0.25) is 0 Å². The topological polar surface area (TPSA) is 120 Å². The summed E-state index contributed by atoms with van der Waals surface area (Å²) in [5.74, 6) is -0.933. The van der Waals surface area contributed by atoms with Gasteiger partial charge in [-0.25, -0.2) is 4.98 Å². The molecule has 0 aliphatic carbocycles. The number of amides is 1. The Kier molecular flexibility index (Phi) is 9.12. The highest BCUT2D eigenvalue weighted by Gasteiger charge is 2.35. The van der Waals surface area contributed by atoms with Gasteiger partial charge in [-0.3, -0.25) is 19.5 Å². The summed E-state index contributed by atoms with van der Waals surface area (Å²) < 4.78 is 13.5. The number of aryl methyl sites for hydroxylation is 1. The number of piperazine rings is 1. The molecule has 3 heterocycles. The molecule has 2 aliphatic rings. The highest BCUT2D eigenvalue weighted by Crippen LogP contribution is 2.31. The van der Waals surface area contributed by atoms with Crippen molar-refractivity contribution in [1.82, 2.24) is 25.1 Å². The van der Waals surface area contributed by atoms with Gasteiger partial charge in [-0.15, -0.1) is 0 Å². The minimum absolute atomic E-state index is 0.0263. The molecule has 2 saturated heterocycles. The summed E-state index contributed by atoms with van der Waals surface area (Å²) in [7, 11) is 0. The van der Waals surface area contributed by atoms with Crippen molar-refractivity contribution in [2.75, 3.05) is 56.5 Å². The number of benzene rings is 1. The van der Waals surface area contributed by atoms with Crippen LogP contribution < -0.4 is 20.9 Å². The number of aliphatic hydroxyl groups is 1. The lowest BCUT2D eigenvalue weighted by Gasteiger charge is -2.47. The lowest BCUT2D eigenvalue weighted by molar-refractivity contribution is -0.0121. The van der Waals surface area contributed by atoms with Gasteiger partial charge in [0.15, 0.2) is 17.3 Å². The maximum absolute atomic E-state index is 13.5. The summed E-state index contributed by atoms with van der Waals surface area (Å²) in [6, 6.07) is 9.55. The summed E-state index contributed by atoms with van der Waals surface area (Å²) in [5, 5.41) is 11.4. The van der Waals surface area contributed by atoms with Gasteiger partial charge < -0.3 is 21.1 Å². The van der Waals surface area contributed by atoms with Crippen molar-refractivity contribution in [1.29, 1.82) is 0 Å². The number of hydrogen-bond acceptors (Lipinski definition) is 9. The Morgan fingerprint density at radius 1 is 1.19 bits per heavy atom. The minimum Gasteiger partial charge on any atom is -0.395 e. The summed E-state index contributed by atoms with van der Waals surface area (Å²) in [4.78, 5) is 31.6. The van der Waals surface area contributed by atoms with Gasteiger partial charge in [0.1, 0.15) is 0 Å². The molecule has 0 spiro atoms. The van der Waals surface area contributed by atoms with Crippen molar-refractivity contribution in [3.63, 3.8) is 0 Å². The van der Waals surface area contributed by atoms with Crippen LogP contribution in [0.15, 0.2) is 24.3 Å². The predicted molar refractivity (Wildman–Crippen MR) is 140 cm³/mol. The number of anilines is 2. The number of nitrogens with zero attached hydrogens (tertiary/aromatic N) is 5. The van der Waals surface area contributed by atoms with E-state index in [-0.39, 0.29) is 42.4 Å². The quantitative estimate of drug-likeness (QED) is 0.460. The number of aliphatic hydroxyl groups excluding tert-OH is 1. The number of nitrogens with one attached hydrogen (secondary N) is 1. The molecule has 37 heavy (non-hydrogen) atoms. The number of carbonyl (C=O) groups is 1. The van der Waals surface area contributed by atoms with Gasteiger partial charge in [0.25, 0.3) is 5.91 Å². The molecule has 2 aromatic rings. The first-order valence-corrected chi connectivity index (χ1v) is 13.1. The Bertz CT molecular complexity index is 1050. The van der Waals surface area contributed by atoms with Gasteiger partial charge in [-0.2, -0.15) is 4.98 Å². The maximum Gasteiger partial charge on any atom is 0.306 e. The largest absolute Gasteiger partial charge is 0.395 e. The van der Waals surface area contributed by atoms with Crippen LogP contribution in [0.5, 0.6) is 5.88 Å². The van der Waals surface area contributed by atoms with Gasteiger partial charge in [0.05, 0.1) is 6.61 Å².